The van der Waals surface area contributed by atoms with E-state index in [0.29, 0.717) is 29.4 Å². The van der Waals surface area contributed by atoms with E-state index in [1.165, 1.54) is 81.0 Å². The highest BCUT2D eigenvalue weighted by atomic mass is 16.3. The van der Waals surface area contributed by atoms with Crippen molar-refractivity contribution in [1.29, 1.82) is 0 Å². The molecule has 6 atom stereocenters. The Balaban J connectivity index is 0.985. The number of rotatable bonds is 12. The molecule has 0 saturated heterocycles. The maximum absolute atomic E-state index is 11.4. The largest absolute Gasteiger partial charge is 0.508 e. The highest BCUT2D eigenvalue weighted by Crippen LogP contribution is 2.62. The first-order chi connectivity index (χ1) is 18.1. The third-order valence-corrected chi connectivity index (χ3v) is 10.3. The van der Waals surface area contributed by atoms with Gasteiger partial charge in [0.05, 0.1) is 6.10 Å². The fourth-order valence-corrected chi connectivity index (χ4v) is 8.25. The van der Waals surface area contributed by atoms with Crippen molar-refractivity contribution in [3.8, 4) is 5.75 Å². The van der Waals surface area contributed by atoms with E-state index in [0.717, 1.165) is 32.4 Å². The molecule has 3 N–H and O–H groups in total. The quantitative estimate of drug-likeness (QED) is 0.278. The van der Waals surface area contributed by atoms with Crippen LogP contribution in [0.4, 0.5) is 0 Å². The molecule has 37 heavy (non-hydrogen) atoms. The van der Waals surface area contributed by atoms with Gasteiger partial charge in [-0.25, -0.2) is 0 Å². The summed E-state index contributed by atoms with van der Waals surface area (Å²) >= 11 is 0. The van der Waals surface area contributed by atoms with Gasteiger partial charge in [-0.15, -0.1) is 0 Å². The number of aliphatic hydroxyl groups is 1. The standard InChI is InChI=1S/C33H48N2O2/c1-33-18-16-29-28-15-13-27(36)22-24(28)12-14-30(29)31(33)23-25(32(33)37)10-6-4-2-3-5-8-19-34-21-17-26-11-7-9-20-35-26/h7,9,11,13,15,20,22,25,29-32,34,36-37H,2-6,8,10,12,14,16-19,21,23H2,1H3/t25?,29-,30-,31+,32+,33+/m1/s1. The van der Waals surface area contributed by atoms with E-state index in [9.17, 15) is 10.2 Å². The molecule has 1 aromatic carbocycles. The van der Waals surface area contributed by atoms with Crippen LogP contribution in [-0.2, 0) is 12.8 Å². The first-order valence-corrected chi connectivity index (χ1v) is 15.2. The molecular weight excluding hydrogens is 456 g/mol. The molecule has 2 saturated carbocycles. The minimum absolute atomic E-state index is 0.101. The average molecular weight is 505 g/mol. The fourth-order valence-electron chi connectivity index (χ4n) is 8.25. The second-order valence-corrected chi connectivity index (χ2v) is 12.5. The number of nitrogens with zero attached hydrogens (tertiary/aromatic N) is 1. The molecule has 4 heteroatoms. The molecule has 1 aromatic heterocycles. The molecule has 0 amide bonds. The highest BCUT2D eigenvalue weighted by Gasteiger charge is 2.57. The molecule has 0 spiro atoms. The smallest absolute Gasteiger partial charge is 0.115 e. The van der Waals surface area contributed by atoms with Gasteiger partial charge < -0.3 is 15.5 Å². The van der Waals surface area contributed by atoms with E-state index in [2.05, 4.69) is 35.4 Å². The van der Waals surface area contributed by atoms with E-state index in [4.69, 9.17) is 0 Å². The van der Waals surface area contributed by atoms with Crippen molar-refractivity contribution in [2.24, 2.45) is 23.2 Å². The Kier molecular flexibility index (Phi) is 8.87. The van der Waals surface area contributed by atoms with Gasteiger partial charge in [0.15, 0.2) is 0 Å². The summed E-state index contributed by atoms with van der Waals surface area (Å²) in [7, 11) is 0. The van der Waals surface area contributed by atoms with Gasteiger partial charge in [-0.2, -0.15) is 0 Å². The molecule has 202 valence electrons. The van der Waals surface area contributed by atoms with Gasteiger partial charge in [0.1, 0.15) is 5.75 Å². The van der Waals surface area contributed by atoms with Crippen molar-refractivity contribution < 1.29 is 10.2 Å². The summed E-state index contributed by atoms with van der Waals surface area (Å²) in [4.78, 5) is 4.38. The topological polar surface area (TPSA) is 65.4 Å². The summed E-state index contributed by atoms with van der Waals surface area (Å²) in [5.74, 6) is 2.87. The van der Waals surface area contributed by atoms with Crippen LogP contribution in [0.15, 0.2) is 42.6 Å². The van der Waals surface area contributed by atoms with Gasteiger partial charge in [0.25, 0.3) is 0 Å². The Morgan fingerprint density at radius 1 is 1.00 bits per heavy atom. The number of hydrogen-bond donors (Lipinski definition) is 3. The predicted octanol–water partition coefficient (Wildman–Crippen LogP) is 6.79. The van der Waals surface area contributed by atoms with Crippen molar-refractivity contribution in [1.82, 2.24) is 10.3 Å². The van der Waals surface area contributed by atoms with E-state index < -0.39 is 0 Å². The number of nitrogens with one attached hydrogen (secondary N) is 1. The number of fused-ring (bicyclic) bond motifs is 5. The van der Waals surface area contributed by atoms with Crippen molar-refractivity contribution in [2.75, 3.05) is 13.1 Å². The van der Waals surface area contributed by atoms with E-state index in [-0.39, 0.29) is 11.5 Å². The number of aromatic nitrogens is 1. The Morgan fingerprint density at radius 3 is 2.68 bits per heavy atom. The third kappa shape index (κ3) is 6.06. The van der Waals surface area contributed by atoms with Crippen LogP contribution in [0.3, 0.4) is 0 Å². The Morgan fingerprint density at radius 2 is 1.84 bits per heavy atom. The molecule has 5 rings (SSSR count). The van der Waals surface area contributed by atoms with Crippen LogP contribution in [0.2, 0.25) is 0 Å². The molecule has 0 bridgehead atoms. The van der Waals surface area contributed by atoms with Crippen molar-refractivity contribution in [3.05, 3.63) is 59.4 Å². The van der Waals surface area contributed by atoms with Crippen LogP contribution >= 0.6 is 0 Å². The number of benzene rings is 1. The monoisotopic (exact) mass is 504 g/mol. The molecule has 3 aliphatic carbocycles. The summed E-state index contributed by atoms with van der Waals surface area (Å²) in [6.45, 7) is 4.52. The highest BCUT2D eigenvalue weighted by molar-refractivity contribution is 5.40. The number of hydrogen-bond acceptors (Lipinski definition) is 4. The van der Waals surface area contributed by atoms with E-state index in [1.807, 2.05) is 24.4 Å². The maximum atomic E-state index is 11.4. The molecule has 2 fully saturated rings. The van der Waals surface area contributed by atoms with Crippen molar-refractivity contribution in [3.63, 3.8) is 0 Å². The van der Waals surface area contributed by atoms with Crippen LogP contribution in [0.5, 0.6) is 5.75 Å². The molecule has 1 heterocycles. The van der Waals surface area contributed by atoms with Crippen LogP contribution in [0.1, 0.15) is 100 Å². The lowest BCUT2D eigenvalue weighted by Crippen LogP contribution is -2.44. The lowest BCUT2D eigenvalue weighted by molar-refractivity contribution is -0.0335. The average Bonchev–Trinajstić information content (AvgIpc) is 3.17. The summed E-state index contributed by atoms with van der Waals surface area (Å²) < 4.78 is 0. The molecule has 4 nitrogen and oxygen atoms in total. The van der Waals surface area contributed by atoms with Crippen LogP contribution in [0, 0.1) is 23.2 Å². The van der Waals surface area contributed by atoms with Gasteiger partial charge >= 0.3 is 0 Å². The number of phenols is 1. The Labute approximate surface area is 224 Å². The first-order valence-electron chi connectivity index (χ1n) is 15.2. The molecule has 3 aliphatic rings. The number of unbranched alkanes of at least 4 members (excludes halogenated alkanes) is 5. The number of aryl methyl sites for hydroxylation is 1. The van der Waals surface area contributed by atoms with Gasteiger partial charge in [-0.3, -0.25) is 4.98 Å². The summed E-state index contributed by atoms with van der Waals surface area (Å²) in [5, 5.41) is 24.9. The molecule has 2 aromatic rings. The lowest BCUT2D eigenvalue weighted by atomic mass is 9.55. The van der Waals surface area contributed by atoms with E-state index in [1.54, 1.807) is 0 Å². The normalized spacial score (nSPS) is 30.5. The van der Waals surface area contributed by atoms with Crippen LogP contribution in [0.25, 0.3) is 0 Å². The lowest BCUT2D eigenvalue weighted by Gasteiger charge is -2.50. The number of pyridine rings is 1. The first kappa shape index (κ1) is 26.7. The molecule has 1 unspecified atom stereocenters. The molecule has 0 radical (unpaired) electrons. The summed E-state index contributed by atoms with van der Waals surface area (Å²) in [6.07, 6.45) is 17.6. The number of aromatic hydroxyl groups is 1. The molecule has 0 aliphatic heterocycles. The summed E-state index contributed by atoms with van der Waals surface area (Å²) in [6, 6.07) is 12.2. The van der Waals surface area contributed by atoms with Gasteiger partial charge in [0.2, 0.25) is 0 Å². The zero-order valence-electron chi connectivity index (χ0n) is 22.9. The Hall–Kier alpha value is -1.91. The second-order valence-electron chi connectivity index (χ2n) is 12.5. The fraction of sp³-hybridized carbons (Fsp3) is 0.667. The van der Waals surface area contributed by atoms with Gasteiger partial charge in [-0.1, -0.05) is 51.2 Å². The Bertz CT molecular complexity index is 995. The number of aliphatic hydroxyl groups excluding tert-OH is 1. The van der Waals surface area contributed by atoms with Crippen molar-refractivity contribution >= 4 is 0 Å². The summed E-state index contributed by atoms with van der Waals surface area (Å²) in [5.41, 5.74) is 4.11. The van der Waals surface area contributed by atoms with Crippen LogP contribution < -0.4 is 5.32 Å². The third-order valence-electron chi connectivity index (χ3n) is 10.3. The maximum Gasteiger partial charge on any atom is 0.115 e. The number of phenolic OH excluding ortho intramolecular Hbond substituents is 1. The minimum atomic E-state index is -0.128. The van der Waals surface area contributed by atoms with E-state index >= 15 is 0 Å². The SMILES string of the molecule is C[C@]12CC[C@@H]3c4ccc(O)cc4CC[C@H]3[C@@H]1CC(CCCCCCCCNCCc1ccccn1)[C@@H]2O. The van der Waals surface area contributed by atoms with Crippen molar-refractivity contribution in [2.45, 2.75) is 102 Å². The van der Waals surface area contributed by atoms with Crippen LogP contribution in [-0.4, -0.2) is 34.4 Å². The predicted molar refractivity (Wildman–Crippen MR) is 151 cm³/mol. The van der Waals surface area contributed by atoms with Gasteiger partial charge in [0, 0.05) is 24.9 Å². The zero-order chi connectivity index (χ0) is 25.7. The van der Waals surface area contributed by atoms with Gasteiger partial charge in [-0.05, 0) is 116 Å². The minimum Gasteiger partial charge on any atom is -0.508 e. The second kappa shape index (κ2) is 12.3. The molecular formula is C33H48N2O2. The zero-order valence-corrected chi connectivity index (χ0v) is 22.9.